The van der Waals surface area contributed by atoms with Crippen LogP contribution < -0.4 is 4.74 Å². The highest BCUT2D eigenvalue weighted by atomic mass is 79.9. The number of carbonyl (C=O) groups is 1. The van der Waals surface area contributed by atoms with Crippen molar-refractivity contribution in [2.24, 2.45) is 0 Å². The van der Waals surface area contributed by atoms with E-state index in [9.17, 15) is 4.79 Å². The molecule has 90 valence electrons. The number of nitrogens with zero attached hydrogens (tertiary/aromatic N) is 1. The van der Waals surface area contributed by atoms with Gasteiger partial charge in [0, 0.05) is 6.92 Å². The first-order chi connectivity index (χ1) is 7.78. The van der Waals surface area contributed by atoms with Crippen LogP contribution in [0.3, 0.4) is 0 Å². The zero-order valence-electron chi connectivity index (χ0n) is 10.3. The second-order valence-corrected chi connectivity index (χ2v) is 10.1. The number of halogens is 1. The summed E-state index contributed by atoms with van der Waals surface area (Å²) in [5, 5.41) is 0. The van der Waals surface area contributed by atoms with Crippen LogP contribution in [0.5, 0.6) is 5.75 Å². The molecule has 1 aromatic rings. The number of hydrogen-bond donors (Lipinski definition) is 0. The third-order valence-corrected chi connectivity index (χ3v) is 2.95. The lowest BCUT2D eigenvalue weighted by Crippen LogP contribution is -2.16. The Labute approximate surface area is 111 Å². The van der Waals surface area contributed by atoms with Gasteiger partial charge in [0.15, 0.2) is 11.4 Å². The monoisotopic (exact) mass is 311 g/mol. The molecule has 0 saturated carbocycles. The van der Waals surface area contributed by atoms with E-state index in [0.717, 1.165) is 0 Å². The Bertz CT molecular complexity index is 497. The van der Waals surface area contributed by atoms with Gasteiger partial charge in [-0.1, -0.05) is 25.6 Å². The van der Waals surface area contributed by atoms with Crippen LogP contribution in [0.1, 0.15) is 12.6 Å². The second-order valence-electron chi connectivity index (χ2n) is 4.57. The molecule has 0 aliphatic rings. The fraction of sp³-hybridized carbons (Fsp3) is 0.333. The van der Waals surface area contributed by atoms with Gasteiger partial charge in [-0.25, -0.2) is 4.98 Å². The molecule has 0 aromatic carbocycles. The molecule has 0 spiro atoms. The summed E-state index contributed by atoms with van der Waals surface area (Å²) in [4.78, 5) is 15.2. The molecule has 3 nitrogen and oxygen atoms in total. The molecule has 0 radical (unpaired) electrons. The number of hydrogen-bond acceptors (Lipinski definition) is 3. The van der Waals surface area contributed by atoms with Gasteiger partial charge in [-0.3, -0.25) is 4.79 Å². The normalized spacial score (nSPS) is 10.4. The van der Waals surface area contributed by atoms with Crippen LogP contribution >= 0.6 is 15.9 Å². The average molecular weight is 312 g/mol. The third-order valence-electron chi connectivity index (χ3n) is 1.63. The molecule has 1 heterocycles. The van der Waals surface area contributed by atoms with Crippen molar-refractivity contribution in [2.45, 2.75) is 26.6 Å². The smallest absolute Gasteiger partial charge is 0.308 e. The minimum absolute atomic E-state index is 0.370. The van der Waals surface area contributed by atoms with Gasteiger partial charge in [0.05, 0.1) is 0 Å². The van der Waals surface area contributed by atoms with Crippen molar-refractivity contribution in [1.82, 2.24) is 4.98 Å². The molecular weight excluding hydrogens is 298 g/mol. The largest absolute Gasteiger partial charge is 0.424 e. The molecule has 1 aromatic heterocycles. The summed E-state index contributed by atoms with van der Waals surface area (Å²) in [5.41, 5.74) is 3.69. The summed E-state index contributed by atoms with van der Waals surface area (Å²) in [6, 6.07) is 3.41. The molecule has 0 saturated heterocycles. The molecule has 0 aliphatic carbocycles. The quantitative estimate of drug-likeness (QED) is 0.346. The number of esters is 1. The van der Waals surface area contributed by atoms with Gasteiger partial charge in [-0.05, 0) is 28.1 Å². The van der Waals surface area contributed by atoms with Crippen LogP contribution in [-0.4, -0.2) is 19.0 Å². The summed E-state index contributed by atoms with van der Waals surface area (Å²) in [6.07, 6.45) is 0. The highest BCUT2D eigenvalue weighted by molar-refractivity contribution is 9.10. The van der Waals surface area contributed by atoms with Crippen molar-refractivity contribution < 1.29 is 9.53 Å². The fourth-order valence-corrected chi connectivity index (χ4v) is 1.80. The predicted octanol–water partition coefficient (Wildman–Crippen LogP) is 3.00. The highest BCUT2D eigenvalue weighted by Crippen LogP contribution is 2.19. The lowest BCUT2D eigenvalue weighted by atomic mass is 10.3. The number of rotatable bonds is 1. The number of pyridine rings is 1. The standard InChI is InChI=1S/C12H14BrNO2Si/c1-9(15)16-11-5-6-12(13)14-10(11)7-8-17(2,3)4/h5-6H,1-4H3. The van der Waals surface area contributed by atoms with Crippen molar-refractivity contribution in [3.05, 3.63) is 22.4 Å². The first-order valence-corrected chi connectivity index (χ1v) is 9.45. The topological polar surface area (TPSA) is 39.2 Å². The Morgan fingerprint density at radius 2 is 2.06 bits per heavy atom. The molecule has 5 heteroatoms. The van der Waals surface area contributed by atoms with Gasteiger partial charge in [0.25, 0.3) is 0 Å². The Kier molecular flexibility index (Phi) is 4.49. The van der Waals surface area contributed by atoms with Gasteiger partial charge in [-0.15, -0.1) is 5.54 Å². The van der Waals surface area contributed by atoms with E-state index in [-0.39, 0.29) is 5.97 Å². The number of carbonyl (C=O) groups excluding carboxylic acids is 1. The zero-order chi connectivity index (χ0) is 13.1. The van der Waals surface area contributed by atoms with E-state index < -0.39 is 8.07 Å². The summed E-state index contributed by atoms with van der Waals surface area (Å²) in [7, 11) is -1.48. The van der Waals surface area contributed by atoms with Crippen LogP contribution in [-0.2, 0) is 4.79 Å². The van der Waals surface area contributed by atoms with E-state index in [1.807, 2.05) is 0 Å². The van der Waals surface area contributed by atoms with Crippen LogP contribution in [0.4, 0.5) is 0 Å². The SMILES string of the molecule is CC(=O)Oc1ccc(Br)nc1C#C[Si](C)(C)C. The van der Waals surface area contributed by atoms with E-state index in [2.05, 4.69) is 52.0 Å². The Hall–Kier alpha value is -1.12. The van der Waals surface area contributed by atoms with Crippen molar-refractivity contribution in [1.29, 1.82) is 0 Å². The lowest BCUT2D eigenvalue weighted by Gasteiger charge is -2.06. The molecule has 0 amide bonds. The zero-order valence-corrected chi connectivity index (χ0v) is 12.9. The maximum absolute atomic E-state index is 11.0. The first-order valence-electron chi connectivity index (χ1n) is 5.16. The molecule has 0 N–H and O–H groups in total. The Morgan fingerprint density at radius 3 is 2.59 bits per heavy atom. The van der Waals surface area contributed by atoms with Crippen LogP contribution in [0.15, 0.2) is 16.7 Å². The van der Waals surface area contributed by atoms with E-state index in [4.69, 9.17) is 4.74 Å². The fourth-order valence-electron chi connectivity index (χ4n) is 0.996. The van der Waals surface area contributed by atoms with Gasteiger partial charge >= 0.3 is 5.97 Å². The van der Waals surface area contributed by atoms with E-state index >= 15 is 0 Å². The van der Waals surface area contributed by atoms with Crippen LogP contribution in [0, 0.1) is 11.5 Å². The number of ether oxygens (including phenoxy) is 1. The minimum Gasteiger partial charge on any atom is -0.424 e. The van der Waals surface area contributed by atoms with E-state index in [0.29, 0.717) is 16.0 Å². The third kappa shape index (κ3) is 5.15. The summed E-state index contributed by atoms with van der Waals surface area (Å²) in [6.45, 7) is 7.79. The minimum atomic E-state index is -1.48. The molecule has 0 unspecified atom stereocenters. The average Bonchev–Trinajstić information content (AvgIpc) is 2.16. The molecule has 0 bridgehead atoms. The maximum atomic E-state index is 11.0. The molecule has 17 heavy (non-hydrogen) atoms. The maximum Gasteiger partial charge on any atom is 0.308 e. The van der Waals surface area contributed by atoms with Crippen molar-refractivity contribution >= 4 is 30.0 Å². The van der Waals surface area contributed by atoms with Crippen LogP contribution in [0.2, 0.25) is 19.6 Å². The van der Waals surface area contributed by atoms with E-state index in [1.54, 1.807) is 12.1 Å². The van der Waals surface area contributed by atoms with E-state index in [1.165, 1.54) is 6.92 Å². The molecule has 0 fully saturated rings. The van der Waals surface area contributed by atoms with Gasteiger partial charge < -0.3 is 4.74 Å². The number of aromatic nitrogens is 1. The molecule has 0 atom stereocenters. The highest BCUT2D eigenvalue weighted by Gasteiger charge is 2.10. The second kappa shape index (κ2) is 5.47. The predicted molar refractivity (Wildman–Crippen MR) is 73.5 cm³/mol. The summed E-state index contributed by atoms with van der Waals surface area (Å²) in [5.74, 6) is 3.03. The van der Waals surface area contributed by atoms with Crippen molar-refractivity contribution in [2.75, 3.05) is 0 Å². The van der Waals surface area contributed by atoms with Crippen molar-refractivity contribution in [3.8, 4) is 17.2 Å². The van der Waals surface area contributed by atoms with Crippen LogP contribution in [0.25, 0.3) is 0 Å². The Balaban J connectivity index is 3.14. The van der Waals surface area contributed by atoms with Crippen molar-refractivity contribution in [3.63, 3.8) is 0 Å². The Morgan fingerprint density at radius 1 is 1.41 bits per heavy atom. The molecular formula is C12H14BrNO2Si. The summed E-state index contributed by atoms with van der Waals surface area (Å²) >= 11 is 3.27. The molecule has 0 aliphatic heterocycles. The van der Waals surface area contributed by atoms with Gasteiger partial charge in [0.2, 0.25) is 0 Å². The first kappa shape index (κ1) is 13.9. The lowest BCUT2D eigenvalue weighted by molar-refractivity contribution is -0.131. The van der Waals surface area contributed by atoms with Gasteiger partial charge in [0.1, 0.15) is 12.7 Å². The summed E-state index contributed by atoms with van der Waals surface area (Å²) < 4.78 is 5.73. The molecule has 1 rings (SSSR count). The van der Waals surface area contributed by atoms with Gasteiger partial charge in [-0.2, -0.15) is 0 Å².